The van der Waals surface area contributed by atoms with Crippen LogP contribution < -0.4 is 15.4 Å². The Labute approximate surface area is 251 Å². The number of carbonyl (C=O) groups excluding carboxylic acids is 3. The smallest absolute Gasteiger partial charge is 0.271 e. The highest BCUT2D eigenvalue weighted by Gasteiger charge is 2.27. The number of H-pyrrole nitrogens is 1. The van der Waals surface area contributed by atoms with Gasteiger partial charge < -0.3 is 25.3 Å². The minimum Gasteiger partial charge on any atom is -0.457 e. The number of benzene rings is 4. The van der Waals surface area contributed by atoms with Crippen LogP contribution in [0.25, 0.3) is 10.9 Å². The molecule has 6 rings (SSSR count). The van der Waals surface area contributed by atoms with E-state index in [-0.39, 0.29) is 29.6 Å². The lowest BCUT2D eigenvalue weighted by atomic mass is 10.1. The molecule has 0 unspecified atom stereocenters. The maximum absolute atomic E-state index is 14.3. The van der Waals surface area contributed by atoms with Crippen molar-refractivity contribution < 1.29 is 27.9 Å². The molecule has 3 N–H and O–H groups in total. The Kier molecular flexibility index (Phi) is 8.05. The molecular formula is C34H28F2N4O4. The molecule has 0 spiro atoms. The first-order valence-corrected chi connectivity index (χ1v) is 14.1. The van der Waals surface area contributed by atoms with Gasteiger partial charge in [0.05, 0.1) is 5.52 Å². The van der Waals surface area contributed by atoms with Gasteiger partial charge in [-0.2, -0.15) is 0 Å². The molecule has 0 fully saturated rings. The van der Waals surface area contributed by atoms with Crippen LogP contribution >= 0.6 is 0 Å². The maximum atomic E-state index is 14.3. The van der Waals surface area contributed by atoms with E-state index in [1.54, 1.807) is 30.3 Å². The lowest BCUT2D eigenvalue weighted by Crippen LogP contribution is -2.47. The second kappa shape index (κ2) is 12.4. The van der Waals surface area contributed by atoms with Crippen molar-refractivity contribution in [1.29, 1.82) is 0 Å². The Hall–Kier alpha value is -5.51. The van der Waals surface area contributed by atoms with Gasteiger partial charge in [0.15, 0.2) is 0 Å². The number of carbonyl (C=O) groups is 3. The minimum absolute atomic E-state index is 0.0567. The molecule has 1 heterocycles. The summed E-state index contributed by atoms with van der Waals surface area (Å²) in [7, 11) is 0. The second-order valence-corrected chi connectivity index (χ2v) is 10.6. The molecule has 1 aliphatic rings. The summed E-state index contributed by atoms with van der Waals surface area (Å²) in [5.41, 5.74) is 2.99. The molecular weight excluding hydrogens is 566 g/mol. The van der Waals surface area contributed by atoms with Gasteiger partial charge in [-0.25, -0.2) is 8.78 Å². The van der Waals surface area contributed by atoms with Crippen molar-refractivity contribution in [2.75, 3.05) is 18.4 Å². The van der Waals surface area contributed by atoms with E-state index in [1.807, 2.05) is 24.3 Å². The van der Waals surface area contributed by atoms with E-state index >= 15 is 0 Å². The zero-order valence-corrected chi connectivity index (χ0v) is 23.5. The molecule has 0 bridgehead atoms. The number of amides is 3. The van der Waals surface area contributed by atoms with Gasteiger partial charge in [-0.1, -0.05) is 36.4 Å². The summed E-state index contributed by atoms with van der Waals surface area (Å²) in [6, 6.07) is 25.9. The van der Waals surface area contributed by atoms with Gasteiger partial charge in [0.2, 0.25) is 11.8 Å². The molecule has 0 saturated carbocycles. The van der Waals surface area contributed by atoms with Gasteiger partial charge in [0.1, 0.15) is 41.9 Å². The standard InChI is InChI=1S/C34H28F2N4O4/c35-24-8-12-27(13-9-24)44-28-14-10-25(11-15-28)37-31(41)19-40(34(43)30-18-23-6-3-7-29(36)33(23)39-30)20-32(42)38-26-16-21-4-1-2-5-22(21)17-26/h1-15,18,26,39H,16-17,19-20H2,(H,37,41)(H,38,42). The zero-order chi connectivity index (χ0) is 30.6. The van der Waals surface area contributed by atoms with Gasteiger partial charge >= 0.3 is 0 Å². The van der Waals surface area contributed by atoms with E-state index in [0.29, 0.717) is 35.4 Å². The first-order chi connectivity index (χ1) is 21.3. The number of rotatable bonds is 9. The molecule has 1 aromatic heterocycles. The average Bonchev–Trinajstić information content (AvgIpc) is 3.63. The van der Waals surface area contributed by atoms with Gasteiger partial charge in [-0.05, 0) is 84.6 Å². The van der Waals surface area contributed by atoms with Crippen LogP contribution in [-0.2, 0) is 22.4 Å². The summed E-state index contributed by atoms with van der Waals surface area (Å²) in [5, 5.41) is 6.21. The summed E-state index contributed by atoms with van der Waals surface area (Å²) >= 11 is 0. The minimum atomic E-state index is -0.622. The topological polar surface area (TPSA) is 104 Å². The fourth-order valence-corrected chi connectivity index (χ4v) is 5.33. The van der Waals surface area contributed by atoms with Crippen molar-refractivity contribution in [3.05, 3.63) is 126 Å². The summed E-state index contributed by atoms with van der Waals surface area (Å²) in [4.78, 5) is 43.7. The number of hydrogen-bond acceptors (Lipinski definition) is 4. The number of nitrogens with one attached hydrogen (secondary N) is 3. The van der Waals surface area contributed by atoms with Crippen LogP contribution in [0, 0.1) is 11.6 Å². The van der Waals surface area contributed by atoms with Crippen LogP contribution in [0.1, 0.15) is 21.6 Å². The van der Waals surface area contributed by atoms with Crippen molar-refractivity contribution in [1.82, 2.24) is 15.2 Å². The van der Waals surface area contributed by atoms with Gasteiger partial charge in [-0.3, -0.25) is 14.4 Å². The molecule has 8 nitrogen and oxygen atoms in total. The van der Waals surface area contributed by atoms with E-state index in [4.69, 9.17) is 4.74 Å². The second-order valence-electron chi connectivity index (χ2n) is 10.6. The highest BCUT2D eigenvalue weighted by Crippen LogP contribution is 2.24. The van der Waals surface area contributed by atoms with Gasteiger partial charge in [-0.15, -0.1) is 0 Å². The molecule has 10 heteroatoms. The largest absolute Gasteiger partial charge is 0.457 e. The van der Waals surface area contributed by atoms with E-state index in [9.17, 15) is 23.2 Å². The lowest BCUT2D eigenvalue weighted by molar-refractivity contribution is -0.123. The number of aromatic amines is 1. The first-order valence-electron chi connectivity index (χ1n) is 14.1. The van der Waals surface area contributed by atoms with E-state index in [0.717, 1.165) is 4.90 Å². The fourth-order valence-electron chi connectivity index (χ4n) is 5.33. The number of halogens is 2. The van der Waals surface area contributed by atoms with E-state index in [1.165, 1.54) is 53.6 Å². The Bertz CT molecular complexity index is 1810. The summed E-state index contributed by atoms with van der Waals surface area (Å²) in [6.45, 7) is -0.801. The number of aromatic nitrogens is 1. The van der Waals surface area contributed by atoms with Crippen LogP contribution in [0.2, 0.25) is 0 Å². The third-order valence-corrected chi connectivity index (χ3v) is 7.40. The third-order valence-electron chi connectivity index (χ3n) is 7.40. The molecule has 222 valence electrons. The Morgan fingerprint density at radius 1 is 0.795 bits per heavy atom. The third kappa shape index (κ3) is 6.59. The number of hydrogen-bond donors (Lipinski definition) is 3. The monoisotopic (exact) mass is 594 g/mol. The average molecular weight is 595 g/mol. The first kappa shape index (κ1) is 28.6. The fraction of sp³-hybridized carbons (Fsp3) is 0.147. The molecule has 0 saturated heterocycles. The molecule has 0 aliphatic heterocycles. The van der Waals surface area contributed by atoms with Crippen LogP contribution in [0.4, 0.5) is 14.5 Å². The number of nitrogens with zero attached hydrogens (tertiary/aromatic N) is 1. The van der Waals surface area contributed by atoms with E-state index in [2.05, 4.69) is 15.6 Å². The number of para-hydroxylation sites is 1. The predicted molar refractivity (Wildman–Crippen MR) is 161 cm³/mol. The maximum Gasteiger partial charge on any atom is 0.271 e. The van der Waals surface area contributed by atoms with Crippen molar-refractivity contribution in [2.45, 2.75) is 18.9 Å². The number of fused-ring (bicyclic) bond motifs is 2. The predicted octanol–water partition coefficient (Wildman–Crippen LogP) is 5.60. The molecule has 0 radical (unpaired) electrons. The lowest BCUT2D eigenvalue weighted by Gasteiger charge is -2.22. The quantitative estimate of drug-likeness (QED) is 0.207. The van der Waals surface area contributed by atoms with Crippen LogP contribution in [0.3, 0.4) is 0 Å². The summed E-state index contributed by atoms with van der Waals surface area (Å²) < 4.78 is 33.2. The number of ether oxygens (including phenoxy) is 1. The van der Waals surface area contributed by atoms with Crippen molar-refractivity contribution >= 4 is 34.3 Å². The summed E-state index contributed by atoms with van der Waals surface area (Å²) in [5.74, 6) is -1.53. The molecule has 5 aromatic rings. The zero-order valence-electron chi connectivity index (χ0n) is 23.5. The van der Waals surface area contributed by atoms with E-state index < -0.39 is 30.1 Å². The van der Waals surface area contributed by atoms with Crippen LogP contribution in [0.15, 0.2) is 97.1 Å². The molecule has 44 heavy (non-hydrogen) atoms. The van der Waals surface area contributed by atoms with Gasteiger partial charge in [0.25, 0.3) is 5.91 Å². The molecule has 4 aromatic carbocycles. The number of anilines is 1. The highest BCUT2D eigenvalue weighted by atomic mass is 19.1. The summed E-state index contributed by atoms with van der Waals surface area (Å²) in [6.07, 6.45) is 1.36. The Morgan fingerprint density at radius 2 is 1.43 bits per heavy atom. The molecule has 3 amide bonds. The molecule has 1 aliphatic carbocycles. The van der Waals surface area contributed by atoms with Crippen LogP contribution in [0.5, 0.6) is 11.5 Å². The normalized spacial score (nSPS) is 12.5. The highest BCUT2D eigenvalue weighted by molar-refractivity contribution is 6.02. The Morgan fingerprint density at radius 3 is 2.09 bits per heavy atom. The van der Waals surface area contributed by atoms with Crippen molar-refractivity contribution in [3.8, 4) is 11.5 Å². The van der Waals surface area contributed by atoms with Crippen molar-refractivity contribution in [2.24, 2.45) is 0 Å². The van der Waals surface area contributed by atoms with Gasteiger partial charge in [0, 0.05) is 17.1 Å². The van der Waals surface area contributed by atoms with Crippen LogP contribution in [-0.4, -0.2) is 46.7 Å². The Balaban J connectivity index is 1.14. The van der Waals surface area contributed by atoms with Crippen molar-refractivity contribution in [3.63, 3.8) is 0 Å². The molecule has 0 atom stereocenters. The SMILES string of the molecule is O=C(CN(CC(=O)NC1Cc2ccccc2C1)C(=O)c1cc2cccc(F)c2[nH]1)Nc1ccc(Oc2ccc(F)cc2)cc1.